The van der Waals surface area contributed by atoms with E-state index in [0.29, 0.717) is 5.56 Å². The van der Waals surface area contributed by atoms with Crippen LogP contribution < -0.4 is 10.2 Å². The van der Waals surface area contributed by atoms with E-state index in [1.165, 1.54) is 29.7 Å². The van der Waals surface area contributed by atoms with E-state index in [0.717, 1.165) is 25.5 Å². The van der Waals surface area contributed by atoms with Crippen molar-refractivity contribution in [2.75, 3.05) is 16.9 Å². The number of hydrogen-bond donors (Lipinski definition) is 1. The van der Waals surface area contributed by atoms with Crippen LogP contribution >= 0.6 is 0 Å². The van der Waals surface area contributed by atoms with Gasteiger partial charge in [0.2, 0.25) is 0 Å². The maximum Gasteiger partial charge on any atom is 0.151 e. The molecular weight excluding hydrogens is 272 g/mol. The second kappa shape index (κ2) is 6.48. The first-order valence-electron chi connectivity index (χ1n) is 7.77. The smallest absolute Gasteiger partial charge is 0.151 e. The molecule has 2 heterocycles. The fraction of sp³-hybridized carbons (Fsp3) is 0.333. The zero-order valence-electron chi connectivity index (χ0n) is 12.8. The number of benzene rings is 1. The third-order valence-electron chi connectivity index (χ3n) is 4.02. The molecule has 112 valence electrons. The Morgan fingerprint density at radius 2 is 2.09 bits per heavy atom. The van der Waals surface area contributed by atoms with Crippen molar-refractivity contribution in [3.05, 3.63) is 53.2 Å². The van der Waals surface area contributed by atoms with Gasteiger partial charge in [0.1, 0.15) is 0 Å². The molecule has 2 aromatic rings. The van der Waals surface area contributed by atoms with Gasteiger partial charge in [-0.2, -0.15) is 5.26 Å². The lowest BCUT2D eigenvalue weighted by molar-refractivity contribution is 0.786. The van der Waals surface area contributed by atoms with Crippen molar-refractivity contribution in [3.8, 4) is 6.07 Å². The van der Waals surface area contributed by atoms with Gasteiger partial charge < -0.3 is 10.2 Å². The Balaban J connectivity index is 1.82. The zero-order chi connectivity index (χ0) is 15.4. The number of rotatable bonds is 5. The van der Waals surface area contributed by atoms with Crippen LogP contribution in [-0.4, -0.2) is 11.7 Å². The lowest BCUT2D eigenvalue weighted by atomic mass is 10.1. The van der Waals surface area contributed by atoms with Gasteiger partial charge in [-0.1, -0.05) is 25.5 Å². The number of aryl methyl sites for hydroxylation is 1. The number of nitriles is 1. The molecule has 3 rings (SSSR count). The molecule has 22 heavy (non-hydrogen) atoms. The number of nitrogens with zero attached hydrogens (tertiary/aromatic N) is 3. The van der Waals surface area contributed by atoms with Crippen molar-refractivity contribution in [3.63, 3.8) is 0 Å². The highest BCUT2D eigenvalue weighted by Gasteiger charge is 2.22. The van der Waals surface area contributed by atoms with Crippen molar-refractivity contribution in [1.82, 2.24) is 4.98 Å². The average Bonchev–Trinajstić information content (AvgIpc) is 2.97. The standard InChI is InChI=1S/C18H20N4/c1-2-3-4-16-9-10-20-18-17(16)22(13-21-18)12-15-7-5-14(11-19)6-8-15/h5-10H,2-4,12-13H2,1H3,(H,20,21). The number of anilines is 2. The minimum atomic E-state index is 0.703. The van der Waals surface area contributed by atoms with Gasteiger partial charge in [0.05, 0.1) is 24.0 Å². The number of hydrogen-bond acceptors (Lipinski definition) is 4. The molecule has 0 aliphatic carbocycles. The van der Waals surface area contributed by atoms with Gasteiger partial charge in [0.25, 0.3) is 0 Å². The molecule has 0 amide bonds. The van der Waals surface area contributed by atoms with Crippen LogP contribution in [0.5, 0.6) is 0 Å². The van der Waals surface area contributed by atoms with Crippen molar-refractivity contribution in [2.45, 2.75) is 32.7 Å². The van der Waals surface area contributed by atoms with E-state index in [1.54, 1.807) is 0 Å². The number of nitrogens with one attached hydrogen (secondary N) is 1. The highest BCUT2D eigenvalue weighted by molar-refractivity contribution is 5.74. The van der Waals surface area contributed by atoms with Crippen LogP contribution in [0.3, 0.4) is 0 Å². The molecule has 1 aliphatic rings. The predicted octanol–water partition coefficient (Wildman–Crippen LogP) is 3.69. The number of unbranched alkanes of at least 4 members (excludes halogenated alkanes) is 1. The summed E-state index contributed by atoms with van der Waals surface area (Å²) >= 11 is 0. The third-order valence-corrected chi connectivity index (χ3v) is 4.02. The van der Waals surface area contributed by atoms with Crippen LogP contribution in [0.1, 0.15) is 36.5 Å². The third kappa shape index (κ3) is 2.89. The van der Waals surface area contributed by atoms with Crippen molar-refractivity contribution in [1.29, 1.82) is 5.26 Å². The number of aromatic nitrogens is 1. The van der Waals surface area contributed by atoms with E-state index in [-0.39, 0.29) is 0 Å². The maximum absolute atomic E-state index is 8.88. The predicted molar refractivity (Wildman–Crippen MR) is 88.7 cm³/mol. The summed E-state index contributed by atoms with van der Waals surface area (Å²) in [6.45, 7) is 3.83. The highest BCUT2D eigenvalue weighted by atomic mass is 15.3. The van der Waals surface area contributed by atoms with Gasteiger partial charge >= 0.3 is 0 Å². The molecule has 0 bridgehead atoms. The highest BCUT2D eigenvalue weighted by Crippen LogP contribution is 2.34. The summed E-state index contributed by atoms with van der Waals surface area (Å²) in [6, 6.07) is 12.1. The Morgan fingerprint density at radius 3 is 2.82 bits per heavy atom. The molecule has 1 aliphatic heterocycles. The molecule has 1 aromatic carbocycles. The van der Waals surface area contributed by atoms with Crippen molar-refractivity contribution >= 4 is 11.5 Å². The molecule has 0 saturated heterocycles. The van der Waals surface area contributed by atoms with E-state index >= 15 is 0 Å². The largest absolute Gasteiger partial charge is 0.351 e. The van der Waals surface area contributed by atoms with Crippen molar-refractivity contribution in [2.24, 2.45) is 0 Å². The van der Waals surface area contributed by atoms with Gasteiger partial charge in [-0.15, -0.1) is 0 Å². The number of fused-ring (bicyclic) bond motifs is 1. The van der Waals surface area contributed by atoms with Crippen molar-refractivity contribution < 1.29 is 0 Å². The van der Waals surface area contributed by atoms with Crippen LogP contribution in [-0.2, 0) is 13.0 Å². The summed E-state index contributed by atoms with van der Waals surface area (Å²) in [5.41, 5.74) is 4.51. The number of pyridine rings is 1. The van der Waals surface area contributed by atoms with E-state index in [4.69, 9.17) is 5.26 Å². The molecule has 4 heteroatoms. The zero-order valence-corrected chi connectivity index (χ0v) is 12.8. The lowest BCUT2D eigenvalue weighted by Crippen LogP contribution is -2.22. The summed E-state index contributed by atoms with van der Waals surface area (Å²) in [5, 5.41) is 12.3. The molecule has 0 saturated carbocycles. The van der Waals surface area contributed by atoms with E-state index in [2.05, 4.69) is 34.3 Å². The van der Waals surface area contributed by atoms with Crippen LogP contribution in [0.2, 0.25) is 0 Å². The molecule has 1 aromatic heterocycles. The maximum atomic E-state index is 8.88. The van der Waals surface area contributed by atoms with Crippen LogP contribution in [0.15, 0.2) is 36.5 Å². The SMILES string of the molecule is CCCCc1ccnc2c1N(Cc1ccc(C#N)cc1)CN2. The monoisotopic (exact) mass is 292 g/mol. The van der Waals surface area contributed by atoms with Crippen LogP contribution in [0.25, 0.3) is 0 Å². The molecular formula is C18H20N4. The second-order valence-corrected chi connectivity index (χ2v) is 5.61. The van der Waals surface area contributed by atoms with Gasteiger partial charge in [0, 0.05) is 12.7 Å². The first kappa shape index (κ1) is 14.4. The summed E-state index contributed by atoms with van der Waals surface area (Å²) in [6.07, 6.45) is 5.37. The van der Waals surface area contributed by atoms with Gasteiger partial charge in [0.15, 0.2) is 5.82 Å². The summed E-state index contributed by atoms with van der Waals surface area (Å²) in [5.74, 6) is 0.988. The summed E-state index contributed by atoms with van der Waals surface area (Å²) in [7, 11) is 0. The van der Waals surface area contributed by atoms with Crippen LogP contribution in [0.4, 0.5) is 11.5 Å². The Labute approximate surface area is 131 Å². The lowest BCUT2D eigenvalue weighted by Gasteiger charge is -2.20. The van der Waals surface area contributed by atoms with Gasteiger partial charge in [-0.25, -0.2) is 4.98 Å². The first-order chi connectivity index (χ1) is 10.8. The fourth-order valence-electron chi connectivity index (χ4n) is 2.83. The summed E-state index contributed by atoms with van der Waals surface area (Å²) in [4.78, 5) is 6.78. The fourth-order valence-corrected chi connectivity index (χ4v) is 2.83. The second-order valence-electron chi connectivity index (χ2n) is 5.61. The Morgan fingerprint density at radius 1 is 1.27 bits per heavy atom. The molecule has 1 N–H and O–H groups in total. The molecule has 0 unspecified atom stereocenters. The minimum absolute atomic E-state index is 0.703. The Hall–Kier alpha value is -2.54. The molecule has 0 radical (unpaired) electrons. The first-order valence-corrected chi connectivity index (χ1v) is 7.77. The summed E-state index contributed by atoms with van der Waals surface area (Å²) < 4.78 is 0. The molecule has 4 nitrogen and oxygen atoms in total. The van der Waals surface area contributed by atoms with Gasteiger partial charge in [-0.05, 0) is 42.2 Å². The molecule has 0 fully saturated rings. The van der Waals surface area contributed by atoms with Crippen LogP contribution in [0, 0.1) is 11.3 Å². The topological polar surface area (TPSA) is 52.0 Å². The normalized spacial score (nSPS) is 12.6. The quantitative estimate of drug-likeness (QED) is 0.913. The molecule has 0 spiro atoms. The Kier molecular flexibility index (Phi) is 4.24. The Bertz CT molecular complexity index is 685. The minimum Gasteiger partial charge on any atom is -0.351 e. The van der Waals surface area contributed by atoms with Gasteiger partial charge in [-0.3, -0.25) is 0 Å². The van der Waals surface area contributed by atoms with E-state index in [9.17, 15) is 0 Å². The van der Waals surface area contributed by atoms with E-state index < -0.39 is 0 Å². The van der Waals surface area contributed by atoms with E-state index in [1.807, 2.05) is 30.5 Å². The molecule has 0 atom stereocenters. The average molecular weight is 292 g/mol.